The molecule has 2 unspecified atom stereocenters. The molecule has 0 aromatic heterocycles. The molecule has 0 amide bonds. The topological polar surface area (TPSA) is 169 Å². The molecule has 11 heteroatoms. The third-order valence-electron chi connectivity index (χ3n) is 1.97. The van der Waals surface area contributed by atoms with Crippen LogP contribution in [0.15, 0.2) is 0 Å². The summed E-state index contributed by atoms with van der Waals surface area (Å²) in [7, 11) is -5.02. The van der Waals surface area contributed by atoms with Crippen LogP contribution in [0.4, 0.5) is 0 Å². The van der Waals surface area contributed by atoms with E-state index in [9.17, 15) is 18.9 Å². The molecule has 0 aromatic carbocycles. The van der Waals surface area contributed by atoms with E-state index < -0.39 is 49.9 Å². The number of hydrogen-bond donors (Lipinski definition) is 5. The van der Waals surface area contributed by atoms with Crippen LogP contribution >= 0.6 is 7.60 Å². The second-order valence-corrected chi connectivity index (χ2v) is 5.11. The van der Waals surface area contributed by atoms with Gasteiger partial charge in [0, 0.05) is 0 Å². The predicted octanol–water partition coefficient (Wildman–Crippen LogP) is -1.47. The SMILES string of the molecule is O=C(O)CC(CC(C(=O)O)P(=O)(O)O)C(=O)O.[NaH]. The van der Waals surface area contributed by atoms with Gasteiger partial charge >= 0.3 is 55.1 Å². The molecule has 0 heterocycles. The van der Waals surface area contributed by atoms with Crippen LogP contribution in [0.2, 0.25) is 0 Å². The van der Waals surface area contributed by atoms with Gasteiger partial charge in [-0.05, 0) is 6.42 Å². The maximum absolute atomic E-state index is 10.8. The van der Waals surface area contributed by atoms with Crippen molar-refractivity contribution in [1.29, 1.82) is 0 Å². The minimum absolute atomic E-state index is 0. The van der Waals surface area contributed by atoms with Crippen molar-refractivity contribution in [3.63, 3.8) is 0 Å². The molecule has 0 aliphatic heterocycles. The van der Waals surface area contributed by atoms with Crippen molar-refractivity contribution in [3.05, 3.63) is 0 Å². The van der Waals surface area contributed by atoms with Crippen LogP contribution < -0.4 is 0 Å². The molecule has 18 heavy (non-hydrogen) atoms. The Morgan fingerprint density at radius 2 is 1.44 bits per heavy atom. The Kier molecular flexibility index (Phi) is 8.70. The van der Waals surface area contributed by atoms with Gasteiger partial charge in [-0.15, -0.1) is 0 Å². The van der Waals surface area contributed by atoms with Crippen LogP contribution in [-0.2, 0) is 18.9 Å². The van der Waals surface area contributed by atoms with Gasteiger partial charge < -0.3 is 25.1 Å². The van der Waals surface area contributed by atoms with Crippen LogP contribution in [-0.4, -0.2) is 78.2 Å². The Labute approximate surface area is 123 Å². The molecule has 100 valence electrons. The van der Waals surface area contributed by atoms with E-state index in [0.717, 1.165) is 0 Å². The van der Waals surface area contributed by atoms with Crippen molar-refractivity contribution in [2.45, 2.75) is 18.5 Å². The predicted molar refractivity (Wildman–Crippen MR) is 58.6 cm³/mol. The summed E-state index contributed by atoms with van der Waals surface area (Å²) >= 11 is 0. The molecule has 0 saturated heterocycles. The van der Waals surface area contributed by atoms with Gasteiger partial charge in [-0.25, -0.2) is 0 Å². The van der Waals surface area contributed by atoms with Crippen molar-refractivity contribution in [1.82, 2.24) is 0 Å². The van der Waals surface area contributed by atoms with Gasteiger partial charge in [0.25, 0.3) is 0 Å². The summed E-state index contributed by atoms with van der Waals surface area (Å²) in [4.78, 5) is 48.9. The molecule has 0 bridgehead atoms. The standard InChI is InChI=1S/C7H11O9P.Na.H/c8-5(9)2-3(6(10)11)1-4(7(12)13)17(14,15)16;;/h3-4H,1-2H2,(H,8,9)(H,10,11)(H,12,13)(H2,14,15,16);;. The second-order valence-electron chi connectivity index (χ2n) is 3.31. The van der Waals surface area contributed by atoms with E-state index >= 15 is 0 Å². The van der Waals surface area contributed by atoms with E-state index in [1.54, 1.807) is 0 Å². The van der Waals surface area contributed by atoms with Gasteiger partial charge in [0.1, 0.15) is 0 Å². The summed E-state index contributed by atoms with van der Waals surface area (Å²) in [5.74, 6) is -6.64. The molecule has 0 rings (SSSR count). The molecular formula is C7H12NaO9P. The fourth-order valence-corrected chi connectivity index (χ4v) is 1.95. The zero-order chi connectivity index (χ0) is 13.8. The van der Waals surface area contributed by atoms with E-state index in [-0.39, 0.29) is 29.6 Å². The third kappa shape index (κ3) is 7.10. The van der Waals surface area contributed by atoms with Gasteiger partial charge in [-0.1, -0.05) is 0 Å². The number of carboxylic acids is 3. The van der Waals surface area contributed by atoms with Gasteiger partial charge in [0.15, 0.2) is 5.66 Å². The molecular weight excluding hydrogens is 282 g/mol. The summed E-state index contributed by atoms with van der Waals surface area (Å²) in [6.07, 6.45) is -1.85. The number of aliphatic carboxylic acids is 3. The quantitative estimate of drug-likeness (QED) is 0.278. The maximum atomic E-state index is 10.8. The fraction of sp³-hybridized carbons (Fsp3) is 0.571. The Balaban J connectivity index is 0. The van der Waals surface area contributed by atoms with Crippen LogP contribution in [0.3, 0.4) is 0 Å². The normalized spacial score (nSPS) is 14.1. The molecule has 9 nitrogen and oxygen atoms in total. The third-order valence-corrected chi connectivity index (χ3v) is 3.21. The fourth-order valence-electron chi connectivity index (χ4n) is 1.13. The van der Waals surface area contributed by atoms with Crippen LogP contribution in [0.25, 0.3) is 0 Å². The van der Waals surface area contributed by atoms with Crippen molar-refractivity contribution < 1.29 is 44.1 Å². The number of hydrogen-bond acceptors (Lipinski definition) is 4. The average molecular weight is 294 g/mol. The Hall–Kier alpha value is -0.440. The summed E-state index contributed by atoms with van der Waals surface area (Å²) < 4.78 is 10.8. The molecule has 2 atom stereocenters. The first-order valence-electron chi connectivity index (χ1n) is 4.28. The first-order chi connectivity index (χ1) is 7.55. The monoisotopic (exact) mass is 294 g/mol. The van der Waals surface area contributed by atoms with Crippen molar-refractivity contribution in [2.75, 3.05) is 0 Å². The Morgan fingerprint density at radius 1 is 1.00 bits per heavy atom. The average Bonchev–Trinajstić information content (AvgIpc) is 2.07. The van der Waals surface area contributed by atoms with Gasteiger partial charge in [-0.3, -0.25) is 18.9 Å². The van der Waals surface area contributed by atoms with Gasteiger partial charge in [0.05, 0.1) is 12.3 Å². The summed E-state index contributed by atoms with van der Waals surface area (Å²) in [5.41, 5.74) is -2.22. The van der Waals surface area contributed by atoms with Crippen molar-refractivity contribution in [2.24, 2.45) is 5.92 Å². The van der Waals surface area contributed by atoms with Crippen molar-refractivity contribution >= 4 is 55.1 Å². The number of carboxylic acid groups (broad SMARTS) is 3. The minimum atomic E-state index is -5.02. The van der Waals surface area contributed by atoms with Crippen LogP contribution in [0, 0.1) is 5.92 Å². The molecule has 0 aliphatic carbocycles. The van der Waals surface area contributed by atoms with E-state index in [2.05, 4.69) is 0 Å². The van der Waals surface area contributed by atoms with E-state index in [1.165, 1.54) is 0 Å². The molecule has 0 fully saturated rings. The Bertz CT molecular complexity index is 375. The molecule has 0 spiro atoms. The van der Waals surface area contributed by atoms with E-state index in [1.807, 2.05) is 0 Å². The van der Waals surface area contributed by atoms with Crippen molar-refractivity contribution in [3.8, 4) is 0 Å². The molecule has 0 saturated carbocycles. The number of rotatable bonds is 7. The summed E-state index contributed by atoms with van der Waals surface area (Å²) in [6, 6.07) is 0. The second kappa shape index (κ2) is 7.88. The first-order valence-corrected chi connectivity index (χ1v) is 5.96. The summed E-state index contributed by atoms with van der Waals surface area (Å²) in [6.45, 7) is 0. The molecule has 0 aromatic rings. The van der Waals surface area contributed by atoms with Gasteiger partial charge in [-0.2, -0.15) is 0 Å². The van der Waals surface area contributed by atoms with Crippen LogP contribution in [0.1, 0.15) is 12.8 Å². The first kappa shape index (κ1) is 19.9. The Morgan fingerprint density at radius 3 is 1.67 bits per heavy atom. The van der Waals surface area contributed by atoms with Crippen LogP contribution in [0.5, 0.6) is 0 Å². The molecule has 0 aliphatic rings. The number of carbonyl (C=O) groups is 3. The zero-order valence-electron chi connectivity index (χ0n) is 8.39. The van der Waals surface area contributed by atoms with E-state index in [4.69, 9.17) is 25.1 Å². The molecule has 5 N–H and O–H groups in total. The zero-order valence-corrected chi connectivity index (χ0v) is 9.28. The van der Waals surface area contributed by atoms with E-state index in [0.29, 0.717) is 0 Å². The van der Waals surface area contributed by atoms with Gasteiger partial charge in [0.2, 0.25) is 0 Å². The summed E-state index contributed by atoms with van der Waals surface area (Å²) in [5, 5.41) is 25.5. The molecule has 0 radical (unpaired) electrons.